The Labute approximate surface area is 251 Å². The Morgan fingerprint density at radius 1 is 1.09 bits per heavy atom. The van der Waals surface area contributed by atoms with Gasteiger partial charge < -0.3 is 19.9 Å². The minimum absolute atomic E-state index is 0.114. The molecule has 44 heavy (non-hydrogen) atoms. The summed E-state index contributed by atoms with van der Waals surface area (Å²) in [6.45, 7) is 1.03. The summed E-state index contributed by atoms with van der Waals surface area (Å²) in [5.74, 6) is 5.85. The summed E-state index contributed by atoms with van der Waals surface area (Å²) in [6.07, 6.45) is -4.49. The van der Waals surface area contributed by atoms with Gasteiger partial charge in [-0.3, -0.25) is 4.79 Å². The fourth-order valence-electron chi connectivity index (χ4n) is 4.90. The molecule has 2 aromatic rings. The minimum atomic E-state index is -4.59. The van der Waals surface area contributed by atoms with Crippen LogP contribution in [0.1, 0.15) is 29.5 Å². The molecule has 1 atom stereocenters. The van der Waals surface area contributed by atoms with E-state index >= 15 is 0 Å². The van der Waals surface area contributed by atoms with Gasteiger partial charge in [0.05, 0.1) is 23.5 Å². The molecule has 0 spiro atoms. The summed E-state index contributed by atoms with van der Waals surface area (Å²) in [5, 5.41) is 2.95. The van der Waals surface area contributed by atoms with Gasteiger partial charge in [-0.25, -0.2) is 14.6 Å². The first kappa shape index (κ1) is 31.8. The molecule has 0 unspecified atom stereocenters. The predicted molar refractivity (Wildman–Crippen MR) is 157 cm³/mol. The number of nitrogens with one attached hydrogen (secondary N) is 1. The molecule has 13 heteroatoms. The number of piperidine rings is 1. The number of carbonyl (C=O) groups is 3. The molecule has 2 aliphatic rings. The van der Waals surface area contributed by atoms with Crippen molar-refractivity contribution in [3.05, 3.63) is 77.2 Å². The quantitative estimate of drug-likeness (QED) is 0.379. The summed E-state index contributed by atoms with van der Waals surface area (Å²) in [6, 6.07) is 11.7. The van der Waals surface area contributed by atoms with E-state index in [4.69, 9.17) is 4.74 Å². The van der Waals surface area contributed by atoms with Crippen LogP contribution in [0.3, 0.4) is 0 Å². The number of urea groups is 1. The fourth-order valence-corrected chi connectivity index (χ4v) is 4.90. The minimum Gasteiger partial charge on any atom is -0.435 e. The maximum atomic E-state index is 13.3. The number of halogens is 3. The maximum absolute atomic E-state index is 13.3. The predicted octanol–water partition coefficient (Wildman–Crippen LogP) is 4.70. The van der Waals surface area contributed by atoms with Crippen molar-refractivity contribution in [1.29, 1.82) is 0 Å². The van der Waals surface area contributed by atoms with E-state index in [0.29, 0.717) is 25.8 Å². The van der Waals surface area contributed by atoms with E-state index in [-0.39, 0.29) is 37.1 Å². The molecule has 0 aromatic heterocycles. The first-order chi connectivity index (χ1) is 21.2. The Morgan fingerprint density at radius 3 is 2.61 bits per heavy atom. The van der Waals surface area contributed by atoms with Crippen LogP contribution in [-0.2, 0) is 28.5 Å². The highest BCUT2D eigenvalue weighted by atomic mass is 19.4. The number of ether oxygens (including phenoxy) is 1. The molecule has 1 fully saturated rings. The fraction of sp³-hybridized carbons (Fsp3) is 0.355. The van der Waals surface area contributed by atoms with Crippen molar-refractivity contribution in [3.8, 4) is 0 Å². The number of rotatable bonds is 6. The summed E-state index contributed by atoms with van der Waals surface area (Å²) < 4.78 is 45.3. The maximum Gasteiger partial charge on any atom is 0.416 e. The molecule has 0 radical (unpaired) electrons. The number of nitrogens with zero attached hydrogens (tertiary/aromatic N) is 5. The number of carbonyl (C=O) groups excluding carboxylic acids is 3. The molecule has 2 aliphatic heterocycles. The van der Waals surface area contributed by atoms with E-state index in [1.807, 2.05) is 24.3 Å². The molecule has 1 saturated heterocycles. The molecule has 10 nitrogen and oxygen atoms in total. The number of hydrogen-bond acceptors (Lipinski definition) is 6. The van der Waals surface area contributed by atoms with Crippen LogP contribution >= 0.6 is 0 Å². The first-order valence-electron chi connectivity index (χ1n) is 13.8. The molecule has 0 aliphatic carbocycles. The molecule has 0 saturated carbocycles. The average Bonchev–Trinajstić information content (AvgIpc) is 3.18. The Kier molecular flexibility index (Phi) is 10.7. The monoisotopic (exact) mass is 606 g/mol. The average molecular weight is 607 g/mol. The van der Waals surface area contributed by atoms with Crippen LogP contribution in [0.2, 0.25) is 0 Å². The lowest BCUT2D eigenvalue weighted by atomic mass is 10.0. The van der Waals surface area contributed by atoms with Crippen molar-refractivity contribution >= 4 is 41.3 Å². The Balaban J connectivity index is 1.43. The van der Waals surface area contributed by atoms with Crippen LogP contribution in [0.15, 0.2) is 75.4 Å². The highest BCUT2D eigenvalue weighted by Crippen LogP contribution is 2.30. The van der Waals surface area contributed by atoms with Gasteiger partial charge in [-0.05, 0) is 48.3 Å². The van der Waals surface area contributed by atoms with E-state index in [9.17, 15) is 27.6 Å². The van der Waals surface area contributed by atoms with Gasteiger partial charge in [-0.15, -0.1) is 0 Å². The van der Waals surface area contributed by atoms with Crippen LogP contribution in [-0.4, -0.2) is 84.3 Å². The molecule has 0 bridgehead atoms. The zero-order chi connectivity index (χ0) is 31.5. The first-order valence-corrected chi connectivity index (χ1v) is 13.8. The lowest BCUT2D eigenvalue weighted by Gasteiger charge is -2.37. The highest BCUT2D eigenvalue weighted by Gasteiger charge is 2.34. The van der Waals surface area contributed by atoms with Crippen LogP contribution in [0, 0.1) is 0 Å². The summed E-state index contributed by atoms with van der Waals surface area (Å²) in [7, 11) is 1.49. The van der Waals surface area contributed by atoms with E-state index in [2.05, 4.69) is 43.6 Å². The zero-order valence-electron chi connectivity index (χ0n) is 23.8. The van der Waals surface area contributed by atoms with Gasteiger partial charge in [0, 0.05) is 50.7 Å². The van der Waals surface area contributed by atoms with E-state index < -0.39 is 29.8 Å². The molecular weight excluding hydrogens is 577 g/mol. The molecule has 1 N–H and O–H groups in total. The molecule has 4 amide bonds. The van der Waals surface area contributed by atoms with Crippen LogP contribution in [0.25, 0.3) is 0 Å². The number of amides is 4. The number of fused-ring (bicyclic) bond motifs is 1. The standard InChI is InChI=1S/C31H29F3N6O4/c1-35-13-5-14-36-15-16-37-28(41)27(21-22-6-4-8-24(20-22)31(32,33)34)44-30(43)39-17-11-25(12-18-39)40-19-10-23-7-2-3-9-26(23)38-29(40)42/h2-4,6-9,14,20,25,27H,10-12,17-19,21H2,1H3,(H,38,42)/t27-/m1/s1. The zero-order valence-corrected chi connectivity index (χ0v) is 23.8. The van der Waals surface area contributed by atoms with E-state index in [1.165, 1.54) is 24.1 Å². The number of para-hydroxylation sites is 1. The lowest BCUT2D eigenvalue weighted by Crippen LogP contribution is -2.50. The number of aliphatic imine (C=N–C) groups is 3. The number of likely N-dealkylation sites (tertiary alicyclic amines) is 1. The summed E-state index contributed by atoms with van der Waals surface area (Å²) >= 11 is 0. The molecule has 228 valence electrons. The van der Waals surface area contributed by atoms with Crippen LogP contribution < -0.4 is 5.32 Å². The molecule has 2 heterocycles. The number of benzene rings is 2. The summed E-state index contributed by atoms with van der Waals surface area (Å²) in [4.78, 5) is 52.8. The van der Waals surface area contributed by atoms with Crippen LogP contribution in [0.4, 0.5) is 28.4 Å². The second kappa shape index (κ2) is 14.8. The largest absolute Gasteiger partial charge is 0.435 e. The molecular formula is C31H29F3N6O4. The second-order valence-corrected chi connectivity index (χ2v) is 9.94. The Bertz CT molecular complexity index is 1590. The van der Waals surface area contributed by atoms with Gasteiger partial charge in [0.25, 0.3) is 5.91 Å². The smallest absolute Gasteiger partial charge is 0.416 e. The highest BCUT2D eigenvalue weighted by molar-refractivity contribution is 5.97. The lowest BCUT2D eigenvalue weighted by molar-refractivity contribution is -0.137. The van der Waals surface area contributed by atoms with Gasteiger partial charge in [-0.2, -0.15) is 23.2 Å². The molecule has 2 aromatic carbocycles. The van der Waals surface area contributed by atoms with E-state index in [0.717, 1.165) is 29.6 Å². The van der Waals surface area contributed by atoms with Gasteiger partial charge in [0.15, 0.2) is 6.10 Å². The van der Waals surface area contributed by atoms with Crippen molar-refractivity contribution in [1.82, 2.24) is 9.80 Å². The SMILES string of the molecule is CN=C=C=CN=C=C=NC(=O)[C@@H](Cc1cccc(C(F)(F)F)c1)OC(=O)N1CCC(N2CCc3ccccc3NC2=O)CC1. The van der Waals surface area contributed by atoms with Gasteiger partial charge >= 0.3 is 18.3 Å². The third-order valence-electron chi connectivity index (χ3n) is 7.09. The van der Waals surface area contributed by atoms with Gasteiger partial charge in [0.1, 0.15) is 0 Å². The van der Waals surface area contributed by atoms with Crippen molar-refractivity contribution in [3.63, 3.8) is 0 Å². The number of anilines is 1. The molecule has 4 rings (SSSR count). The normalized spacial score (nSPS) is 15.5. The van der Waals surface area contributed by atoms with Crippen molar-refractivity contribution < 1.29 is 32.3 Å². The Morgan fingerprint density at radius 2 is 1.86 bits per heavy atom. The van der Waals surface area contributed by atoms with Crippen molar-refractivity contribution in [2.24, 2.45) is 15.0 Å². The van der Waals surface area contributed by atoms with Crippen molar-refractivity contribution in [2.45, 2.75) is 44.0 Å². The summed E-state index contributed by atoms with van der Waals surface area (Å²) in [5.41, 5.74) is 3.51. The van der Waals surface area contributed by atoms with E-state index in [1.54, 1.807) is 4.90 Å². The van der Waals surface area contributed by atoms with Crippen LogP contribution in [0.5, 0.6) is 0 Å². The Hall–Kier alpha value is -5.17. The number of hydrogen-bond donors (Lipinski definition) is 1. The third kappa shape index (κ3) is 8.67. The second-order valence-electron chi connectivity index (χ2n) is 9.94. The van der Waals surface area contributed by atoms with Gasteiger partial charge in [0.2, 0.25) is 0 Å². The third-order valence-corrected chi connectivity index (χ3v) is 7.09. The number of alkyl halides is 3. The van der Waals surface area contributed by atoms with Gasteiger partial charge in [-0.1, -0.05) is 36.4 Å². The topological polar surface area (TPSA) is 116 Å². The van der Waals surface area contributed by atoms with Crippen molar-refractivity contribution in [2.75, 3.05) is 32.0 Å².